The third-order valence-electron chi connectivity index (χ3n) is 4.30. The fraction of sp³-hybridized carbons (Fsp3) is 0.333. The second kappa shape index (κ2) is 9.57. The van der Waals surface area contributed by atoms with Gasteiger partial charge in [-0.2, -0.15) is 0 Å². The Hall–Kier alpha value is -2.57. The van der Waals surface area contributed by atoms with Crippen molar-refractivity contribution in [3.8, 4) is 5.75 Å². The van der Waals surface area contributed by atoms with E-state index in [9.17, 15) is 9.59 Å². The maximum absolute atomic E-state index is 12.4. The highest BCUT2D eigenvalue weighted by atomic mass is 35.5. The van der Waals surface area contributed by atoms with E-state index < -0.39 is 0 Å². The minimum Gasteiger partial charge on any atom is -0.495 e. The molecule has 6 nitrogen and oxygen atoms in total. The van der Waals surface area contributed by atoms with Crippen LogP contribution in [0.4, 0.5) is 11.4 Å². The summed E-state index contributed by atoms with van der Waals surface area (Å²) in [5.41, 5.74) is 4.63. The molecule has 2 amide bonds. The Balaban J connectivity index is 1.89. The van der Waals surface area contributed by atoms with Crippen LogP contribution in [0, 0.1) is 20.8 Å². The van der Waals surface area contributed by atoms with Gasteiger partial charge in [0, 0.05) is 11.4 Å². The van der Waals surface area contributed by atoms with Crippen molar-refractivity contribution in [2.24, 2.45) is 0 Å². The Morgan fingerprint density at radius 1 is 1.00 bits per heavy atom. The van der Waals surface area contributed by atoms with Crippen LogP contribution < -0.4 is 20.3 Å². The first-order valence-corrected chi connectivity index (χ1v) is 9.39. The van der Waals surface area contributed by atoms with Crippen molar-refractivity contribution in [3.05, 3.63) is 52.0 Å². The predicted molar refractivity (Wildman–Crippen MR) is 113 cm³/mol. The first-order chi connectivity index (χ1) is 13.2. The molecule has 1 unspecified atom stereocenters. The summed E-state index contributed by atoms with van der Waals surface area (Å²) >= 11 is 6.07. The van der Waals surface area contributed by atoms with Crippen LogP contribution >= 0.6 is 11.6 Å². The molecule has 0 heterocycles. The first-order valence-electron chi connectivity index (χ1n) is 9.02. The fourth-order valence-electron chi connectivity index (χ4n) is 3.12. The summed E-state index contributed by atoms with van der Waals surface area (Å²) in [6.07, 6.45) is 0. The number of hydrogen-bond donors (Lipinski definition) is 3. The smallest absolute Gasteiger partial charge is 0.279 e. The molecule has 0 fully saturated rings. The summed E-state index contributed by atoms with van der Waals surface area (Å²) in [7, 11) is 3.33. The molecule has 0 saturated carbocycles. The highest BCUT2D eigenvalue weighted by Gasteiger charge is 2.16. The molecule has 2 aromatic rings. The van der Waals surface area contributed by atoms with Crippen molar-refractivity contribution in [2.75, 3.05) is 37.9 Å². The van der Waals surface area contributed by atoms with Gasteiger partial charge in [-0.05, 0) is 50.1 Å². The molecule has 0 aromatic heterocycles. The van der Waals surface area contributed by atoms with Gasteiger partial charge in [0.1, 0.15) is 5.75 Å². The Bertz CT molecular complexity index is 860. The van der Waals surface area contributed by atoms with Crippen LogP contribution in [0.1, 0.15) is 16.7 Å². The van der Waals surface area contributed by atoms with E-state index in [1.54, 1.807) is 25.2 Å². The minimum absolute atomic E-state index is 0.132. The summed E-state index contributed by atoms with van der Waals surface area (Å²) in [6.45, 7) is 6.31. The van der Waals surface area contributed by atoms with Crippen molar-refractivity contribution in [2.45, 2.75) is 20.8 Å². The Labute approximate surface area is 170 Å². The molecule has 0 aliphatic heterocycles. The van der Waals surface area contributed by atoms with Gasteiger partial charge in [-0.15, -0.1) is 0 Å². The van der Waals surface area contributed by atoms with Gasteiger partial charge >= 0.3 is 0 Å². The summed E-state index contributed by atoms with van der Waals surface area (Å²) < 4.78 is 5.09. The number of anilines is 2. The number of benzene rings is 2. The van der Waals surface area contributed by atoms with Crippen molar-refractivity contribution in [1.82, 2.24) is 0 Å². The molecular formula is C21H27ClN3O3+. The lowest BCUT2D eigenvalue weighted by Crippen LogP contribution is -3.11. The number of halogens is 1. The summed E-state index contributed by atoms with van der Waals surface area (Å²) in [5, 5.41) is 6.16. The predicted octanol–water partition coefficient (Wildman–Crippen LogP) is 2.37. The highest BCUT2D eigenvalue weighted by Crippen LogP contribution is 2.27. The van der Waals surface area contributed by atoms with Gasteiger partial charge in [-0.3, -0.25) is 9.59 Å². The van der Waals surface area contributed by atoms with Crippen molar-refractivity contribution in [1.29, 1.82) is 0 Å². The van der Waals surface area contributed by atoms with Crippen LogP contribution in [0.2, 0.25) is 5.02 Å². The highest BCUT2D eigenvalue weighted by molar-refractivity contribution is 6.32. The third kappa shape index (κ3) is 5.97. The van der Waals surface area contributed by atoms with Crippen molar-refractivity contribution < 1.29 is 19.2 Å². The molecule has 150 valence electrons. The number of rotatable bonds is 7. The molecule has 0 saturated heterocycles. The molecule has 28 heavy (non-hydrogen) atoms. The lowest BCUT2D eigenvalue weighted by Gasteiger charge is -2.16. The number of carbonyl (C=O) groups is 2. The van der Waals surface area contributed by atoms with Crippen LogP contribution in [0.3, 0.4) is 0 Å². The second-order valence-corrected chi connectivity index (χ2v) is 7.44. The first kappa shape index (κ1) is 21.7. The number of quaternary nitrogens is 1. The van der Waals surface area contributed by atoms with Crippen LogP contribution in [0.5, 0.6) is 5.75 Å². The van der Waals surface area contributed by atoms with E-state index in [-0.39, 0.29) is 24.9 Å². The summed E-state index contributed by atoms with van der Waals surface area (Å²) in [5.74, 6) is 0.211. The summed E-state index contributed by atoms with van der Waals surface area (Å²) in [4.78, 5) is 25.4. The molecular weight excluding hydrogens is 378 g/mol. The van der Waals surface area contributed by atoms with Crippen LogP contribution in [-0.2, 0) is 9.59 Å². The maximum Gasteiger partial charge on any atom is 0.279 e. The number of methoxy groups -OCH3 is 1. The average molecular weight is 405 g/mol. The molecule has 0 spiro atoms. The number of hydrogen-bond acceptors (Lipinski definition) is 3. The largest absolute Gasteiger partial charge is 0.495 e. The topological polar surface area (TPSA) is 71.9 Å². The van der Waals surface area contributed by atoms with Crippen LogP contribution in [0.25, 0.3) is 0 Å². The molecule has 0 aliphatic carbocycles. The van der Waals surface area contributed by atoms with Gasteiger partial charge < -0.3 is 20.3 Å². The Morgan fingerprint density at radius 2 is 1.57 bits per heavy atom. The van der Waals surface area contributed by atoms with E-state index in [4.69, 9.17) is 16.3 Å². The van der Waals surface area contributed by atoms with Gasteiger partial charge in [0.15, 0.2) is 13.1 Å². The zero-order valence-corrected chi connectivity index (χ0v) is 17.7. The zero-order chi connectivity index (χ0) is 20.8. The van der Waals surface area contributed by atoms with Gasteiger partial charge in [-0.1, -0.05) is 29.3 Å². The number of aryl methyl sites for hydroxylation is 3. The molecule has 1 atom stereocenters. The molecule has 3 N–H and O–H groups in total. The van der Waals surface area contributed by atoms with Gasteiger partial charge in [0.05, 0.1) is 19.2 Å². The number of carbonyl (C=O) groups excluding carboxylic acids is 2. The fourth-order valence-corrected chi connectivity index (χ4v) is 3.38. The molecule has 7 heteroatoms. The Kier molecular flexibility index (Phi) is 7.43. The molecule has 0 radical (unpaired) electrons. The standard InChI is InChI=1S/C21H26ClN3O3/c1-13-8-14(2)21(15(3)9-13)24-20(27)12-25(4)11-19(26)23-16-6-7-18(28-5)17(22)10-16/h6-10H,11-12H2,1-5H3,(H,23,26)(H,24,27)/p+1. The maximum atomic E-state index is 12.4. The van der Waals surface area contributed by atoms with E-state index in [2.05, 4.69) is 10.6 Å². The van der Waals surface area contributed by atoms with E-state index in [0.717, 1.165) is 27.3 Å². The summed E-state index contributed by atoms with van der Waals surface area (Å²) in [6, 6.07) is 9.10. The zero-order valence-electron chi connectivity index (χ0n) is 16.9. The second-order valence-electron chi connectivity index (χ2n) is 7.03. The van der Waals surface area contributed by atoms with E-state index in [1.165, 1.54) is 7.11 Å². The molecule has 2 rings (SSSR count). The SMILES string of the molecule is COc1ccc(NC(=O)C[NH+](C)CC(=O)Nc2c(C)cc(C)cc2C)cc1Cl. The van der Waals surface area contributed by atoms with Crippen LogP contribution in [-0.4, -0.2) is 39.1 Å². The van der Waals surface area contributed by atoms with Crippen molar-refractivity contribution >= 4 is 34.8 Å². The molecule has 0 bridgehead atoms. The third-order valence-corrected chi connectivity index (χ3v) is 4.60. The lowest BCUT2D eigenvalue weighted by atomic mass is 10.1. The van der Waals surface area contributed by atoms with Gasteiger partial charge in [0.2, 0.25) is 0 Å². The number of nitrogens with one attached hydrogen (secondary N) is 3. The van der Waals surface area contributed by atoms with E-state index >= 15 is 0 Å². The van der Waals surface area contributed by atoms with Gasteiger partial charge in [0.25, 0.3) is 11.8 Å². The number of amides is 2. The monoisotopic (exact) mass is 404 g/mol. The van der Waals surface area contributed by atoms with E-state index in [1.807, 2.05) is 32.9 Å². The molecule has 0 aliphatic rings. The lowest BCUT2D eigenvalue weighted by molar-refractivity contribution is -0.862. The van der Waals surface area contributed by atoms with Gasteiger partial charge in [-0.25, -0.2) is 0 Å². The number of likely N-dealkylation sites (N-methyl/N-ethyl adjacent to an activating group) is 1. The van der Waals surface area contributed by atoms with E-state index in [0.29, 0.717) is 16.5 Å². The van der Waals surface area contributed by atoms with Crippen LogP contribution in [0.15, 0.2) is 30.3 Å². The molecule has 2 aromatic carbocycles. The minimum atomic E-state index is -0.200. The number of ether oxygens (including phenoxy) is 1. The quantitative estimate of drug-likeness (QED) is 0.663. The van der Waals surface area contributed by atoms with Crippen molar-refractivity contribution in [3.63, 3.8) is 0 Å². The average Bonchev–Trinajstić information content (AvgIpc) is 2.58. The normalized spacial score (nSPS) is 11.6. The Morgan fingerprint density at radius 3 is 2.11 bits per heavy atom.